The van der Waals surface area contributed by atoms with Gasteiger partial charge in [0.1, 0.15) is 0 Å². The molecule has 1 heterocycles. The summed E-state index contributed by atoms with van der Waals surface area (Å²) in [5.41, 5.74) is 0. The van der Waals surface area contributed by atoms with Crippen LogP contribution in [0.2, 0.25) is 0 Å². The molecule has 3 rings (SSSR count). The zero-order valence-corrected chi connectivity index (χ0v) is 21.2. The first kappa shape index (κ1) is 23.3. The van der Waals surface area contributed by atoms with Crippen LogP contribution < -0.4 is 10.6 Å². The lowest BCUT2D eigenvalue weighted by Crippen LogP contribution is -2.45. The maximum Gasteiger partial charge on any atom is 0.191 e. The van der Waals surface area contributed by atoms with Gasteiger partial charge in [-0.1, -0.05) is 15.9 Å². The third-order valence-corrected chi connectivity index (χ3v) is 6.79. The summed E-state index contributed by atoms with van der Waals surface area (Å²) in [4.78, 5) is 8.36. The van der Waals surface area contributed by atoms with Gasteiger partial charge >= 0.3 is 0 Å². The molecule has 1 aromatic carbocycles. The lowest BCUT2D eigenvalue weighted by Gasteiger charge is -2.26. The first-order chi connectivity index (χ1) is 12.4. The molecule has 1 atom stereocenters. The Kier molecular flexibility index (Phi) is 9.22. The first-order valence-corrected chi connectivity index (χ1v) is 11.2. The van der Waals surface area contributed by atoms with Crippen LogP contribution in [0.25, 0.3) is 0 Å². The number of rotatable bonds is 7. The Bertz CT molecular complexity index is 619. The molecule has 152 valence electrons. The van der Waals surface area contributed by atoms with Gasteiger partial charge in [0.15, 0.2) is 5.96 Å². The maximum atomic E-state index is 4.40. The molecule has 1 aliphatic heterocycles. The van der Waals surface area contributed by atoms with Crippen molar-refractivity contribution in [3.8, 4) is 0 Å². The summed E-state index contributed by atoms with van der Waals surface area (Å²) in [6.45, 7) is 8.95. The highest BCUT2D eigenvalue weighted by Crippen LogP contribution is 2.33. The van der Waals surface area contributed by atoms with E-state index >= 15 is 0 Å². The Morgan fingerprint density at radius 1 is 1.22 bits per heavy atom. The Labute approximate surface area is 193 Å². The molecule has 27 heavy (non-hydrogen) atoms. The molecule has 1 unspecified atom stereocenters. The number of benzene rings is 1. The standard InChI is InChI=1S/C20H31BrN4S.HI/c1-20(2,26-18-8-4-16(21)5-9-18)14-24-19(22-3)23-12-15-10-11-25(13-15)17-6-7-17;/h4-5,8-9,15,17H,6-7,10-14H2,1-3H3,(H2,22,23,24);1H. The topological polar surface area (TPSA) is 39.7 Å². The number of hydrogen-bond donors (Lipinski definition) is 2. The van der Waals surface area contributed by atoms with Gasteiger partial charge in [-0.2, -0.15) is 0 Å². The Balaban J connectivity index is 0.00000261. The molecule has 0 aromatic heterocycles. The van der Waals surface area contributed by atoms with Crippen molar-refractivity contribution in [2.45, 2.75) is 48.8 Å². The van der Waals surface area contributed by atoms with E-state index in [1.165, 1.54) is 37.2 Å². The smallest absolute Gasteiger partial charge is 0.191 e. The Morgan fingerprint density at radius 2 is 1.93 bits per heavy atom. The average Bonchev–Trinajstić information content (AvgIpc) is 3.36. The van der Waals surface area contributed by atoms with Crippen LogP contribution in [-0.2, 0) is 0 Å². The largest absolute Gasteiger partial charge is 0.356 e. The summed E-state index contributed by atoms with van der Waals surface area (Å²) >= 11 is 5.38. The molecule has 4 nitrogen and oxygen atoms in total. The molecule has 0 amide bonds. The van der Waals surface area contributed by atoms with E-state index in [1.54, 1.807) is 0 Å². The molecule has 1 aromatic rings. The predicted molar refractivity (Wildman–Crippen MR) is 132 cm³/mol. The van der Waals surface area contributed by atoms with Crippen molar-refractivity contribution >= 4 is 57.6 Å². The summed E-state index contributed by atoms with van der Waals surface area (Å²) in [6.07, 6.45) is 4.13. The summed E-state index contributed by atoms with van der Waals surface area (Å²) in [5.74, 6) is 1.67. The molecule has 0 spiro atoms. The number of hydrogen-bond acceptors (Lipinski definition) is 3. The number of nitrogens with zero attached hydrogens (tertiary/aromatic N) is 2. The van der Waals surface area contributed by atoms with Crippen molar-refractivity contribution in [2.75, 3.05) is 33.2 Å². The number of guanidine groups is 1. The van der Waals surface area contributed by atoms with Crippen LogP contribution in [-0.4, -0.2) is 54.9 Å². The van der Waals surface area contributed by atoms with E-state index in [9.17, 15) is 0 Å². The third-order valence-electron chi connectivity index (χ3n) is 5.05. The van der Waals surface area contributed by atoms with Gasteiger partial charge in [0.25, 0.3) is 0 Å². The van der Waals surface area contributed by atoms with Crippen molar-refractivity contribution in [1.82, 2.24) is 15.5 Å². The van der Waals surface area contributed by atoms with Gasteiger partial charge in [0.2, 0.25) is 0 Å². The second kappa shape index (κ2) is 10.7. The van der Waals surface area contributed by atoms with E-state index < -0.39 is 0 Å². The Hall–Kier alpha value is 0.01000. The number of nitrogens with one attached hydrogen (secondary N) is 2. The molecule has 1 saturated heterocycles. The molecule has 2 N–H and O–H groups in total. The zero-order chi connectivity index (χ0) is 18.6. The zero-order valence-electron chi connectivity index (χ0n) is 16.5. The number of likely N-dealkylation sites (tertiary alicyclic amines) is 1. The van der Waals surface area contributed by atoms with Gasteiger partial charge < -0.3 is 15.5 Å². The molecule has 2 aliphatic rings. The molecular formula is C20H32BrIN4S. The van der Waals surface area contributed by atoms with Crippen molar-refractivity contribution < 1.29 is 0 Å². The van der Waals surface area contributed by atoms with Gasteiger partial charge in [0.05, 0.1) is 0 Å². The summed E-state index contributed by atoms with van der Waals surface area (Å²) in [7, 11) is 1.86. The van der Waals surface area contributed by atoms with Crippen LogP contribution in [0.1, 0.15) is 33.1 Å². The van der Waals surface area contributed by atoms with Crippen molar-refractivity contribution in [1.29, 1.82) is 0 Å². The SMILES string of the molecule is CN=C(NCC1CCN(C2CC2)C1)NCC(C)(C)Sc1ccc(Br)cc1.I. The van der Waals surface area contributed by atoms with Gasteiger partial charge in [-0.15, -0.1) is 35.7 Å². The molecule has 7 heteroatoms. The monoisotopic (exact) mass is 566 g/mol. The minimum absolute atomic E-state index is 0. The quantitative estimate of drug-likeness (QED) is 0.219. The van der Waals surface area contributed by atoms with Crippen LogP contribution in [0.3, 0.4) is 0 Å². The van der Waals surface area contributed by atoms with Gasteiger partial charge in [-0.05, 0) is 69.8 Å². The summed E-state index contributed by atoms with van der Waals surface area (Å²) in [5, 5.41) is 7.04. The number of halogens is 2. The number of thioether (sulfide) groups is 1. The summed E-state index contributed by atoms with van der Waals surface area (Å²) in [6, 6.07) is 9.41. The molecule has 0 radical (unpaired) electrons. The first-order valence-electron chi connectivity index (χ1n) is 9.58. The maximum absolute atomic E-state index is 4.40. The predicted octanol–water partition coefficient (Wildman–Crippen LogP) is 4.59. The van der Waals surface area contributed by atoms with Crippen LogP contribution in [0.5, 0.6) is 0 Å². The number of aliphatic imine (C=N–C) groups is 1. The average molecular weight is 567 g/mol. The highest BCUT2D eigenvalue weighted by molar-refractivity contribution is 14.0. The van der Waals surface area contributed by atoms with Crippen LogP contribution in [0.4, 0.5) is 0 Å². The van der Waals surface area contributed by atoms with Crippen LogP contribution in [0, 0.1) is 5.92 Å². The normalized spacial score (nSPS) is 21.0. The van der Waals surface area contributed by atoms with Crippen molar-refractivity contribution in [3.05, 3.63) is 28.7 Å². The van der Waals surface area contributed by atoms with Gasteiger partial charge in [0, 0.05) is 46.8 Å². The van der Waals surface area contributed by atoms with E-state index in [-0.39, 0.29) is 28.7 Å². The molecule has 0 bridgehead atoms. The highest BCUT2D eigenvalue weighted by Gasteiger charge is 2.34. The Morgan fingerprint density at radius 3 is 2.56 bits per heavy atom. The lowest BCUT2D eigenvalue weighted by molar-refractivity contribution is 0.314. The van der Waals surface area contributed by atoms with E-state index in [4.69, 9.17) is 0 Å². The minimum Gasteiger partial charge on any atom is -0.356 e. The molecule has 2 fully saturated rings. The highest BCUT2D eigenvalue weighted by atomic mass is 127. The van der Waals surface area contributed by atoms with E-state index in [0.717, 1.165) is 35.5 Å². The fourth-order valence-corrected chi connectivity index (χ4v) is 4.74. The van der Waals surface area contributed by atoms with Crippen LogP contribution >= 0.6 is 51.7 Å². The molecule has 1 aliphatic carbocycles. The second-order valence-corrected chi connectivity index (χ2v) is 10.7. The van der Waals surface area contributed by atoms with Gasteiger partial charge in [-0.25, -0.2) is 0 Å². The lowest BCUT2D eigenvalue weighted by atomic mass is 10.1. The molecule has 1 saturated carbocycles. The second-order valence-electron chi connectivity index (χ2n) is 8.00. The van der Waals surface area contributed by atoms with Crippen LogP contribution in [0.15, 0.2) is 38.6 Å². The van der Waals surface area contributed by atoms with Crippen molar-refractivity contribution in [3.63, 3.8) is 0 Å². The van der Waals surface area contributed by atoms with Gasteiger partial charge in [-0.3, -0.25) is 4.99 Å². The van der Waals surface area contributed by atoms with E-state index in [1.807, 2.05) is 18.8 Å². The summed E-state index contributed by atoms with van der Waals surface area (Å²) < 4.78 is 1.20. The van der Waals surface area contributed by atoms with E-state index in [0.29, 0.717) is 0 Å². The minimum atomic E-state index is 0. The van der Waals surface area contributed by atoms with Crippen molar-refractivity contribution in [2.24, 2.45) is 10.9 Å². The third kappa shape index (κ3) is 7.74. The molecular weight excluding hydrogens is 535 g/mol. The fraction of sp³-hybridized carbons (Fsp3) is 0.650. The fourth-order valence-electron chi connectivity index (χ4n) is 3.42. The van der Waals surface area contributed by atoms with E-state index in [2.05, 4.69) is 74.6 Å².